The molecule has 1 aliphatic rings. The second-order valence-corrected chi connectivity index (χ2v) is 8.45. The molecule has 0 radical (unpaired) electrons. The maximum atomic E-state index is 12.9. The first-order valence-electron chi connectivity index (χ1n) is 10.8. The molecule has 3 rings (SSSR count). The fourth-order valence-electron chi connectivity index (χ4n) is 4.04. The summed E-state index contributed by atoms with van der Waals surface area (Å²) in [5, 5.41) is 3.09. The summed E-state index contributed by atoms with van der Waals surface area (Å²) in [4.78, 5) is 29.4. The van der Waals surface area contributed by atoms with Gasteiger partial charge in [-0.25, -0.2) is 0 Å². The molecule has 2 aromatic rings. The van der Waals surface area contributed by atoms with E-state index in [9.17, 15) is 9.59 Å². The van der Waals surface area contributed by atoms with E-state index in [0.29, 0.717) is 12.1 Å². The quantitative estimate of drug-likeness (QED) is 0.415. The number of benzene rings is 2. The van der Waals surface area contributed by atoms with E-state index in [0.717, 1.165) is 31.9 Å². The van der Waals surface area contributed by atoms with Gasteiger partial charge in [-0.3, -0.25) is 9.59 Å². The number of carbonyl (C=O) groups excluding carboxylic acids is 2. The normalized spacial score (nSPS) is 19.4. The molecular weight excluding hydrogens is 392 g/mol. The molecule has 1 fully saturated rings. The summed E-state index contributed by atoms with van der Waals surface area (Å²) in [5.41, 5.74) is 2.74. The number of ether oxygens (including phenoxy) is 1. The Morgan fingerprint density at radius 1 is 1.03 bits per heavy atom. The van der Waals surface area contributed by atoms with E-state index in [2.05, 4.69) is 41.5 Å². The lowest BCUT2D eigenvalue weighted by Gasteiger charge is -2.33. The van der Waals surface area contributed by atoms with Crippen molar-refractivity contribution in [3.63, 3.8) is 0 Å². The lowest BCUT2D eigenvalue weighted by atomic mass is 10.0. The van der Waals surface area contributed by atoms with Crippen molar-refractivity contribution in [1.82, 2.24) is 5.32 Å². The third-order valence-corrected chi connectivity index (χ3v) is 5.90. The highest BCUT2D eigenvalue weighted by molar-refractivity contribution is 5.97. The number of carbonyl (C=O) groups is 2. The van der Waals surface area contributed by atoms with Gasteiger partial charge in [-0.1, -0.05) is 24.3 Å². The van der Waals surface area contributed by atoms with Gasteiger partial charge in [-0.15, -0.1) is 0 Å². The molecule has 1 atom stereocenters. The minimum atomic E-state index is -0.441. The Kier molecular flexibility index (Phi) is 7.65. The second kappa shape index (κ2) is 10.4. The van der Waals surface area contributed by atoms with E-state index in [1.807, 2.05) is 14.1 Å². The summed E-state index contributed by atoms with van der Waals surface area (Å²) in [5.74, 6) is -0.385. The molecule has 0 bridgehead atoms. The number of anilines is 1. The third-order valence-electron chi connectivity index (χ3n) is 5.90. The van der Waals surface area contributed by atoms with Crippen LogP contribution in [0.4, 0.5) is 5.69 Å². The SMILES string of the molecule is CC(=O)Oc1ccccc1C(=O)NC[C@H](c1ccc(N(C)C)cc1)[NH+]1CC[NH+](C)CC1. The van der Waals surface area contributed by atoms with Crippen molar-refractivity contribution >= 4 is 17.6 Å². The maximum absolute atomic E-state index is 12.9. The Bertz CT molecular complexity index is 890. The topological polar surface area (TPSA) is 67.5 Å². The predicted molar refractivity (Wildman–Crippen MR) is 121 cm³/mol. The molecule has 0 aliphatic carbocycles. The van der Waals surface area contributed by atoms with Gasteiger partial charge in [-0.05, 0) is 24.3 Å². The predicted octanol–water partition coefficient (Wildman–Crippen LogP) is -0.438. The Morgan fingerprint density at radius 2 is 1.68 bits per heavy atom. The minimum Gasteiger partial charge on any atom is -0.426 e. The smallest absolute Gasteiger partial charge is 0.308 e. The highest BCUT2D eigenvalue weighted by Crippen LogP contribution is 2.19. The van der Waals surface area contributed by atoms with Gasteiger partial charge in [0.15, 0.2) is 0 Å². The highest BCUT2D eigenvalue weighted by Gasteiger charge is 2.30. The van der Waals surface area contributed by atoms with Crippen molar-refractivity contribution in [2.75, 3.05) is 58.8 Å². The van der Waals surface area contributed by atoms with E-state index < -0.39 is 5.97 Å². The average molecular weight is 427 g/mol. The van der Waals surface area contributed by atoms with Crippen LogP contribution in [0.2, 0.25) is 0 Å². The summed E-state index contributed by atoms with van der Waals surface area (Å²) < 4.78 is 5.21. The van der Waals surface area contributed by atoms with Gasteiger partial charge >= 0.3 is 5.97 Å². The molecule has 0 saturated carbocycles. The molecule has 0 unspecified atom stereocenters. The Balaban J connectivity index is 1.77. The van der Waals surface area contributed by atoms with E-state index in [-0.39, 0.29) is 17.7 Å². The number of nitrogens with one attached hydrogen (secondary N) is 3. The number of rotatable bonds is 7. The molecule has 1 heterocycles. The molecule has 7 heteroatoms. The number of para-hydroxylation sites is 1. The molecule has 1 amide bonds. The van der Waals surface area contributed by atoms with Crippen molar-refractivity contribution in [3.8, 4) is 5.75 Å². The Hall–Kier alpha value is -2.90. The summed E-state index contributed by atoms with van der Waals surface area (Å²) in [7, 11) is 6.29. The fourth-order valence-corrected chi connectivity index (χ4v) is 4.04. The number of esters is 1. The Labute approximate surface area is 184 Å². The monoisotopic (exact) mass is 426 g/mol. The highest BCUT2D eigenvalue weighted by atomic mass is 16.5. The van der Waals surface area contributed by atoms with Crippen molar-refractivity contribution in [2.45, 2.75) is 13.0 Å². The Morgan fingerprint density at radius 3 is 2.29 bits per heavy atom. The van der Waals surface area contributed by atoms with Crippen LogP contribution in [0.15, 0.2) is 48.5 Å². The van der Waals surface area contributed by atoms with Crippen molar-refractivity contribution in [2.24, 2.45) is 0 Å². The second-order valence-electron chi connectivity index (χ2n) is 8.45. The van der Waals surface area contributed by atoms with Crippen molar-refractivity contribution in [3.05, 3.63) is 59.7 Å². The zero-order valence-electron chi connectivity index (χ0n) is 18.9. The van der Waals surface area contributed by atoms with Crippen LogP contribution >= 0.6 is 0 Å². The standard InChI is InChI=1S/C24H32N4O3/c1-18(29)31-23-8-6-5-7-21(23)24(30)25-17-22(28-15-13-27(4)14-16-28)19-9-11-20(12-10-19)26(2)3/h5-12,22H,13-17H2,1-4H3,(H,25,30)/p+2/t22-/m1/s1. The molecule has 3 N–H and O–H groups in total. The first-order valence-corrected chi connectivity index (χ1v) is 10.8. The lowest BCUT2D eigenvalue weighted by Crippen LogP contribution is -3.27. The van der Waals surface area contributed by atoms with Gasteiger partial charge in [-0.2, -0.15) is 0 Å². The number of hydrogen-bond acceptors (Lipinski definition) is 4. The first-order chi connectivity index (χ1) is 14.8. The maximum Gasteiger partial charge on any atom is 0.308 e. The number of piperazine rings is 1. The summed E-state index contributed by atoms with van der Waals surface area (Å²) >= 11 is 0. The van der Waals surface area contributed by atoms with E-state index in [1.54, 1.807) is 29.2 Å². The summed E-state index contributed by atoms with van der Waals surface area (Å²) in [6.45, 7) is 6.21. The van der Waals surface area contributed by atoms with E-state index >= 15 is 0 Å². The molecule has 1 saturated heterocycles. The third kappa shape index (κ3) is 6.06. The fraction of sp³-hybridized carbons (Fsp3) is 0.417. The average Bonchev–Trinajstić information content (AvgIpc) is 2.75. The molecule has 1 aliphatic heterocycles. The van der Waals surface area contributed by atoms with Crippen LogP contribution in [-0.2, 0) is 4.79 Å². The first kappa shape index (κ1) is 22.8. The molecule has 0 aromatic heterocycles. The van der Waals surface area contributed by atoms with Crippen LogP contribution in [0.5, 0.6) is 5.75 Å². The van der Waals surface area contributed by atoms with Crippen molar-refractivity contribution < 1.29 is 24.1 Å². The zero-order chi connectivity index (χ0) is 22.4. The number of likely N-dealkylation sites (N-methyl/N-ethyl adjacent to an activating group) is 1. The van der Waals surface area contributed by atoms with Gasteiger partial charge in [0.05, 0.1) is 19.2 Å². The van der Waals surface area contributed by atoms with Gasteiger partial charge < -0.3 is 24.8 Å². The largest absolute Gasteiger partial charge is 0.426 e. The molecule has 7 nitrogen and oxygen atoms in total. The van der Waals surface area contributed by atoms with Crippen LogP contribution in [0.25, 0.3) is 0 Å². The van der Waals surface area contributed by atoms with Crippen LogP contribution in [0, 0.1) is 0 Å². The van der Waals surface area contributed by atoms with E-state index in [1.165, 1.54) is 17.4 Å². The molecule has 2 aromatic carbocycles. The summed E-state index contributed by atoms with van der Waals surface area (Å²) in [6, 6.07) is 15.6. The van der Waals surface area contributed by atoms with E-state index in [4.69, 9.17) is 4.74 Å². The molecular formula is C24H34N4O3+2. The van der Waals surface area contributed by atoms with Crippen LogP contribution in [-0.4, -0.2) is 65.7 Å². The number of quaternary nitrogens is 2. The van der Waals surface area contributed by atoms with Crippen LogP contribution < -0.4 is 24.8 Å². The number of hydrogen-bond donors (Lipinski definition) is 3. The van der Waals surface area contributed by atoms with Crippen LogP contribution in [0.3, 0.4) is 0 Å². The van der Waals surface area contributed by atoms with Crippen LogP contribution in [0.1, 0.15) is 28.9 Å². The van der Waals surface area contributed by atoms with Gasteiger partial charge in [0, 0.05) is 32.3 Å². The van der Waals surface area contributed by atoms with Gasteiger partial charge in [0.1, 0.15) is 38.0 Å². The zero-order valence-corrected chi connectivity index (χ0v) is 18.9. The minimum absolute atomic E-state index is 0.161. The van der Waals surface area contributed by atoms with Gasteiger partial charge in [0.2, 0.25) is 0 Å². The van der Waals surface area contributed by atoms with Gasteiger partial charge in [0.25, 0.3) is 5.91 Å². The number of amides is 1. The molecule has 0 spiro atoms. The molecule has 31 heavy (non-hydrogen) atoms. The summed E-state index contributed by atoms with van der Waals surface area (Å²) in [6.07, 6.45) is 0. The van der Waals surface area contributed by atoms with Crippen molar-refractivity contribution in [1.29, 1.82) is 0 Å². The molecule has 166 valence electrons. The lowest BCUT2D eigenvalue weighted by molar-refractivity contribution is -1.02. The number of nitrogens with zero attached hydrogens (tertiary/aromatic N) is 1.